The summed E-state index contributed by atoms with van der Waals surface area (Å²) in [6, 6.07) is 0. The van der Waals surface area contributed by atoms with Crippen molar-refractivity contribution in [2.24, 2.45) is 0 Å². The standard InChI is InChI=1S/Cu.H3P.Sb.Sn/h;1H3;;. The zero-order valence-electron chi connectivity index (χ0n) is 1.96. The molecule has 0 aromatic heterocycles. The summed E-state index contributed by atoms with van der Waals surface area (Å²) in [4.78, 5) is 0. The maximum Gasteiger partial charge on any atom is 0 e. The Morgan fingerprint density at radius 1 is 1.00 bits per heavy atom. The first-order valence-electron chi connectivity index (χ1n) is 0. The van der Waals surface area contributed by atoms with Gasteiger partial charge in [-0.1, -0.05) is 0 Å². The van der Waals surface area contributed by atoms with Gasteiger partial charge in [-0.05, 0) is 0 Å². The van der Waals surface area contributed by atoms with E-state index in [4.69, 9.17) is 0 Å². The Morgan fingerprint density at radius 2 is 1.00 bits per heavy atom. The molecule has 0 aromatic rings. The molecular formula is H3CuPSbSn. The van der Waals surface area contributed by atoms with Gasteiger partial charge in [0.15, 0.2) is 0 Å². The minimum Gasteiger partial charge on any atom is -0.153 e. The second-order valence-corrected chi connectivity index (χ2v) is 0. The molecule has 0 rings (SSSR count). The zero-order chi connectivity index (χ0) is 0. The summed E-state index contributed by atoms with van der Waals surface area (Å²) in [6.07, 6.45) is 0. The van der Waals surface area contributed by atoms with Crippen molar-refractivity contribution in [2.75, 3.05) is 0 Å². The Bertz CT molecular complexity index is 8.00. The molecule has 0 aliphatic rings. The van der Waals surface area contributed by atoms with E-state index in [0.29, 0.717) is 0 Å². The predicted octanol–water partition coefficient (Wildman–Crippen LogP) is -0.706. The SMILES string of the molecule is P.[Cu].[Sb].[Sn]. The summed E-state index contributed by atoms with van der Waals surface area (Å²) in [5.41, 5.74) is 0. The van der Waals surface area contributed by atoms with Gasteiger partial charge in [-0.2, -0.15) is 9.90 Å². The van der Waals surface area contributed by atoms with E-state index in [9.17, 15) is 0 Å². The van der Waals surface area contributed by atoms with Crippen LogP contribution in [-0.4, -0.2) is 48.3 Å². The van der Waals surface area contributed by atoms with Gasteiger partial charge < -0.3 is 0 Å². The molecule has 0 heterocycles. The van der Waals surface area contributed by atoms with Crippen molar-refractivity contribution < 1.29 is 17.1 Å². The largest absolute Gasteiger partial charge is 0.153 e. The second kappa shape index (κ2) is 17.6. The molecule has 0 saturated heterocycles. The van der Waals surface area contributed by atoms with E-state index in [1.54, 1.807) is 0 Å². The molecule has 0 saturated carbocycles. The Kier molecular flexibility index (Phi) is 136. The van der Waals surface area contributed by atoms with E-state index in [0.717, 1.165) is 0 Å². The third-order valence-electron chi connectivity index (χ3n) is 0. The summed E-state index contributed by atoms with van der Waals surface area (Å²) in [6.45, 7) is 0. The van der Waals surface area contributed by atoms with Crippen LogP contribution in [0.4, 0.5) is 0 Å². The number of hydrogen-bond acceptors (Lipinski definition) is 0. The summed E-state index contributed by atoms with van der Waals surface area (Å²) in [7, 11) is 0. The van der Waals surface area contributed by atoms with Crippen molar-refractivity contribution in [3.63, 3.8) is 0 Å². The van der Waals surface area contributed by atoms with Crippen LogP contribution in [0.3, 0.4) is 0 Å². The van der Waals surface area contributed by atoms with E-state index in [2.05, 4.69) is 0 Å². The van der Waals surface area contributed by atoms with Gasteiger partial charge in [0.25, 0.3) is 0 Å². The smallest absolute Gasteiger partial charge is 0 e. The summed E-state index contributed by atoms with van der Waals surface area (Å²) in [5, 5.41) is 0. The van der Waals surface area contributed by atoms with E-state index >= 15 is 0 Å². The molecule has 1 atom stereocenters. The molecule has 1 unspecified atom stereocenters. The maximum atomic E-state index is 0. The fraction of sp³-hybridized carbons (Fsp3) is 0. The van der Waals surface area contributed by atoms with Gasteiger partial charge in [0.1, 0.15) is 0 Å². The van der Waals surface area contributed by atoms with E-state index in [1.807, 2.05) is 0 Å². The van der Waals surface area contributed by atoms with Crippen LogP contribution < -0.4 is 0 Å². The molecule has 4 heteroatoms. The number of rotatable bonds is 0. The van der Waals surface area contributed by atoms with Gasteiger partial charge in [-0.3, -0.25) is 0 Å². The van der Waals surface area contributed by atoms with Crippen LogP contribution in [0.15, 0.2) is 0 Å². The van der Waals surface area contributed by atoms with Gasteiger partial charge in [0.2, 0.25) is 0 Å². The first-order valence-corrected chi connectivity index (χ1v) is 0. The van der Waals surface area contributed by atoms with Crippen LogP contribution in [0.5, 0.6) is 0 Å². The zero-order valence-corrected chi connectivity index (χ0v) is 9.72. The van der Waals surface area contributed by atoms with Crippen molar-refractivity contribution in [3.8, 4) is 0 Å². The summed E-state index contributed by atoms with van der Waals surface area (Å²) >= 11 is 0. The van der Waals surface area contributed by atoms with Gasteiger partial charge >= 0.3 is 0 Å². The Labute approximate surface area is 74.4 Å². The van der Waals surface area contributed by atoms with E-state index in [-0.39, 0.29) is 75.3 Å². The minimum atomic E-state index is 0. The summed E-state index contributed by atoms with van der Waals surface area (Å²) < 4.78 is 0. The molecule has 0 nitrogen and oxygen atoms in total. The second-order valence-electron chi connectivity index (χ2n) is 0. The Morgan fingerprint density at radius 3 is 1.00 bits per heavy atom. The molecular weight excluding hydrogens is 335 g/mol. The van der Waals surface area contributed by atoms with Crippen molar-refractivity contribution in [1.29, 1.82) is 0 Å². The van der Waals surface area contributed by atoms with E-state index in [1.165, 1.54) is 0 Å². The summed E-state index contributed by atoms with van der Waals surface area (Å²) in [5.74, 6) is 0. The maximum absolute atomic E-state index is 0. The third-order valence-corrected chi connectivity index (χ3v) is 0. The monoisotopic (exact) mass is 338 g/mol. The molecule has 0 aliphatic carbocycles. The molecule has 0 spiro atoms. The quantitative estimate of drug-likeness (QED) is 0.405. The van der Waals surface area contributed by atoms with E-state index < -0.39 is 0 Å². The average molecular weight is 338 g/mol. The van der Waals surface area contributed by atoms with Gasteiger partial charge in [-0.25, -0.2) is 0 Å². The molecule has 8 radical (unpaired) electrons. The molecule has 0 aromatic carbocycles. The Balaban J connectivity index is 0. The first kappa shape index (κ1) is 30.9. The third kappa shape index (κ3) is 8.82. The van der Waals surface area contributed by atoms with Gasteiger partial charge in [0, 0.05) is 65.4 Å². The molecule has 28 valence electrons. The van der Waals surface area contributed by atoms with Crippen LogP contribution in [0, 0.1) is 0 Å². The predicted molar refractivity (Wildman–Crippen MR) is 22.6 cm³/mol. The van der Waals surface area contributed by atoms with Crippen LogP contribution in [0.25, 0.3) is 0 Å². The number of hydrogen-bond donors (Lipinski definition) is 0. The Hall–Kier alpha value is 2.57. The fourth-order valence-electron chi connectivity index (χ4n) is 0. The molecule has 0 N–H and O–H groups in total. The van der Waals surface area contributed by atoms with Crippen LogP contribution >= 0.6 is 9.90 Å². The van der Waals surface area contributed by atoms with Crippen molar-refractivity contribution in [3.05, 3.63) is 0 Å². The van der Waals surface area contributed by atoms with Crippen LogP contribution in [-0.2, 0) is 17.1 Å². The van der Waals surface area contributed by atoms with Crippen molar-refractivity contribution >= 4 is 58.2 Å². The topological polar surface area (TPSA) is 0 Å². The fourth-order valence-corrected chi connectivity index (χ4v) is 0. The molecule has 0 amide bonds. The van der Waals surface area contributed by atoms with Crippen molar-refractivity contribution in [1.82, 2.24) is 0 Å². The molecule has 0 bridgehead atoms. The normalized spacial score (nSPS) is 0. The molecule has 4 heavy (non-hydrogen) atoms. The minimum absolute atomic E-state index is 0. The van der Waals surface area contributed by atoms with Gasteiger partial charge in [-0.15, -0.1) is 0 Å². The molecule has 0 aliphatic heterocycles. The van der Waals surface area contributed by atoms with Gasteiger partial charge in [0.05, 0.1) is 0 Å². The first-order chi connectivity index (χ1) is 0. The average Bonchev–Trinajstić information content (AvgIpc) is 0. The van der Waals surface area contributed by atoms with Crippen LogP contribution in [0.2, 0.25) is 0 Å². The van der Waals surface area contributed by atoms with Crippen LogP contribution in [0.1, 0.15) is 0 Å². The van der Waals surface area contributed by atoms with Crippen molar-refractivity contribution in [2.45, 2.75) is 0 Å². The molecule has 0 fully saturated rings.